The monoisotopic (exact) mass is 1240 g/mol. The molecule has 458 valence electrons. The fraction of sp³-hybridized carbons (Fsp3) is 0.182. The van der Waals surface area contributed by atoms with Crippen molar-refractivity contribution < 1.29 is 4.42 Å². The summed E-state index contributed by atoms with van der Waals surface area (Å²) in [4.78, 5) is 11.0. The molecule has 12 aromatic carbocycles. The zero-order valence-electron chi connectivity index (χ0n) is 54.2. The molecule has 0 bridgehead atoms. The maximum atomic E-state index is 6.66. The van der Waals surface area contributed by atoms with E-state index in [-0.39, 0.29) is 28.6 Å². The molecule has 4 aliphatic heterocycles. The standard InChI is InChI=1S/C88H71BN4OS/c1-85-45-18-20-47-87(85,3)92(73-42-36-59(49-69(73)85)56-23-8-5-9-24-56)63-38-41-72-77(53-63)91(75-32-22-31-67-66-30-15-17-34-82(66)95-84(67)75)79-55-64(93-74-43-37-60(57-25-10-6-11-26-57)50-70(74)86(2)46-19-21-48-88(86,93)4)54-78-83(79)89(72)71-40-35-61(58-27-12-7-13-28-58)51-76(71)90(78)62-39-44-81-68(52-62)65-29-14-16-33-80(65)94-81/h5-17,22-44,49-55H,18-21,45-48H2,1-4H3. The van der Waals surface area contributed by atoms with E-state index in [0.717, 1.165) is 53.3 Å². The van der Waals surface area contributed by atoms with Gasteiger partial charge in [0.15, 0.2) is 0 Å². The summed E-state index contributed by atoms with van der Waals surface area (Å²) in [5.41, 5.74) is 27.6. The summed E-state index contributed by atoms with van der Waals surface area (Å²) in [6, 6.07) is 99.9. The van der Waals surface area contributed by atoms with E-state index in [1.54, 1.807) is 0 Å². The van der Waals surface area contributed by atoms with E-state index >= 15 is 0 Å². The van der Waals surface area contributed by atoms with Crippen LogP contribution in [-0.2, 0) is 10.8 Å². The number of rotatable bonds is 7. The summed E-state index contributed by atoms with van der Waals surface area (Å²) in [6.07, 6.45) is 9.23. The second-order valence-corrected chi connectivity index (χ2v) is 30.0. The molecule has 0 N–H and O–H groups in total. The van der Waals surface area contributed by atoms with Gasteiger partial charge in [-0.25, -0.2) is 0 Å². The lowest BCUT2D eigenvalue weighted by Crippen LogP contribution is -2.61. The van der Waals surface area contributed by atoms with E-state index in [9.17, 15) is 0 Å². The van der Waals surface area contributed by atoms with Crippen molar-refractivity contribution in [2.45, 2.75) is 101 Å². The van der Waals surface area contributed by atoms with Crippen LogP contribution in [0.4, 0.5) is 56.9 Å². The molecule has 6 aliphatic rings. The van der Waals surface area contributed by atoms with Crippen LogP contribution < -0.4 is 36.0 Å². The summed E-state index contributed by atoms with van der Waals surface area (Å²) in [5.74, 6) is 0. The summed E-state index contributed by atoms with van der Waals surface area (Å²) in [7, 11) is 0. The van der Waals surface area contributed by atoms with E-state index in [1.807, 2.05) is 11.3 Å². The Bertz CT molecular complexity index is 5530. The van der Waals surface area contributed by atoms with Crippen molar-refractivity contribution in [2.75, 3.05) is 19.6 Å². The van der Waals surface area contributed by atoms with Crippen molar-refractivity contribution >= 4 is 133 Å². The largest absolute Gasteiger partial charge is 0.456 e. The van der Waals surface area contributed by atoms with Crippen LogP contribution >= 0.6 is 11.3 Å². The third-order valence-electron chi connectivity index (χ3n) is 24.3. The van der Waals surface area contributed by atoms with Crippen LogP contribution in [0.5, 0.6) is 0 Å². The number of fused-ring (bicyclic) bond motifs is 16. The van der Waals surface area contributed by atoms with Gasteiger partial charge in [0.05, 0.1) is 21.5 Å². The molecule has 6 heterocycles. The zero-order chi connectivity index (χ0) is 63.1. The average Bonchev–Trinajstić information content (AvgIpc) is 1.68. The number of anilines is 10. The van der Waals surface area contributed by atoms with Crippen molar-refractivity contribution in [3.05, 3.63) is 272 Å². The van der Waals surface area contributed by atoms with Gasteiger partial charge in [-0.05, 0) is 191 Å². The Morgan fingerprint density at radius 2 is 0.832 bits per heavy atom. The Kier molecular flexibility index (Phi) is 11.8. The number of hydrogen-bond acceptors (Lipinski definition) is 6. The minimum Gasteiger partial charge on any atom is -0.456 e. The number of furan rings is 1. The summed E-state index contributed by atoms with van der Waals surface area (Å²) < 4.78 is 9.24. The first-order valence-electron chi connectivity index (χ1n) is 34.5. The van der Waals surface area contributed by atoms with Gasteiger partial charge in [-0.3, -0.25) is 0 Å². The van der Waals surface area contributed by atoms with Crippen LogP contribution in [0.25, 0.3) is 75.5 Å². The molecule has 0 amide bonds. The van der Waals surface area contributed by atoms with Gasteiger partial charge in [0, 0.05) is 88.3 Å². The Balaban J connectivity index is 0.900. The number of thiophene rings is 1. The predicted molar refractivity (Wildman–Crippen MR) is 403 cm³/mol. The van der Waals surface area contributed by atoms with Gasteiger partial charge in [-0.2, -0.15) is 0 Å². The highest BCUT2D eigenvalue weighted by molar-refractivity contribution is 7.26. The lowest BCUT2D eigenvalue weighted by atomic mass is 9.33. The van der Waals surface area contributed by atoms with Gasteiger partial charge in [0.2, 0.25) is 0 Å². The second-order valence-electron chi connectivity index (χ2n) is 28.9. The summed E-state index contributed by atoms with van der Waals surface area (Å²) in [5, 5.41) is 4.81. The maximum absolute atomic E-state index is 6.66. The Morgan fingerprint density at radius 1 is 0.337 bits per heavy atom. The first-order chi connectivity index (χ1) is 46.6. The molecule has 4 unspecified atom stereocenters. The van der Waals surface area contributed by atoms with Crippen molar-refractivity contribution in [1.29, 1.82) is 0 Å². The van der Waals surface area contributed by atoms with Gasteiger partial charge in [-0.15, -0.1) is 11.3 Å². The smallest absolute Gasteiger partial charge is 0.252 e. The molecular weight excluding hydrogens is 1170 g/mol. The topological polar surface area (TPSA) is 26.1 Å². The van der Waals surface area contributed by atoms with Crippen LogP contribution in [0, 0.1) is 0 Å². The molecule has 20 rings (SSSR count). The Morgan fingerprint density at radius 3 is 1.48 bits per heavy atom. The SMILES string of the molecule is CC12CCCCC1(C)N(c1ccc3c(c1)N(c1cccc4c1sc1ccccc14)c1cc(N4c5ccc(-c6ccccc6)cc5C5(C)CCCCC45C)cc4c1B3c1ccc(-c3ccccc3)cc1N4c1ccc3oc4ccccc4c3c1)c1ccc(-c3ccccc3)cc12. The highest BCUT2D eigenvalue weighted by Crippen LogP contribution is 2.65. The van der Waals surface area contributed by atoms with Crippen molar-refractivity contribution in [1.82, 2.24) is 0 Å². The van der Waals surface area contributed by atoms with Gasteiger partial charge in [0.1, 0.15) is 11.2 Å². The molecule has 4 atom stereocenters. The third-order valence-corrected chi connectivity index (χ3v) is 25.5. The van der Waals surface area contributed by atoms with Crippen molar-refractivity contribution in [2.24, 2.45) is 0 Å². The van der Waals surface area contributed by atoms with Crippen molar-refractivity contribution in [3.63, 3.8) is 0 Å². The number of nitrogens with zero attached hydrogens (tertiary/aromatic N) is 4. The fourth-order valence-electron chi connectivity index (χ4n) is 19.2. The molecule has 14 aromatic rings. The highest BCUT2D eigenvalue weighted by atomic mass is 32.1. The lowest BCUT2D eigenvalue weighted by Gasteiger charge is -2.51. The van der Waals surface area contributed by atoms with Gasteiger partial charge < -0.3 is 24.0 Å². The number of benzene rings is 12. The molecule has 0 radical (unpaired) electrons. The molecule has 7 heteroatoms. The fourth-order valence-corrected chi connectivity index (χ4v) is 20.4. The number of para-hydroxylation sites is 1. The van der Waals surface area contributed by atoms with Gasteiger partial charge in [-0.1, -0.05) is 209 Å². The maximum Gasteiger partial charge on any atom is 0.252 e. The van der Waals surface area contributed by atoms with Crippen LogP contribution in [-0.4, -0.2) is 17.8 Å². The predicted octanol–water partition coefficient (Wildman–Crippen LogP) is 22.5. The van der Waals surface area contributed by atoms with E-state index in [0.29, 0.717) is 0 Å². The molecule has 0 saturated heterocycles. The van der Waals surface area contributed by atoms with E-state index in [1.165, 1.54) is 158 Å². The minimum atomic E-state index is -0.253. The van der Waals surface area contributed by atoms with Crippen LogP contribution in [0.1, 0.15) is 90.2 Å². The molecule has 2 fully saturated rings. The van der Waals surface area contributed by atoms with E-state index < -0.39 is 0 Å². The minimum absolute atomic E-state index is 0.0777. The average molecular weight is 1240 g/mol. The first-order valence-corrected chi connectivity index (χ1v) is 35.3. The Labute approximate surface area is 560 Å². The van der Waals surface area contributed by atoms with Gasteiger partial charge >= 0.3 is 0 Å². The number of hydrogen-bond donors (Lipinski definition) is 0. The van der Waals surface area contributed by atoms with E-state index in [2.05, 4.69) is 308 Å². The third kappa shape index (κ3) is 7.67. The van der Waals surface area contributed by atoms with E-state index in [4.69, 9.17) is 4.42 Å². The molecule has 95 heavy (non-hydrogen) atoms. The molecule has 2 saturated carbocycles. The molecular formula is C88H71BN4OS. The van der Waals surface area contributed by atoms with Gasteiger partial charge in [0.25, 0.3) is 6.71 Å². The molecule has 0 spiro atoms. The second kappa shape index (κ2) is 20.2. The quantitative estimate of drug-likeness (QED) is 0.148. The van der Waals surface area contributed by atoms with Crippen LogP contribution in [0.3, 0.4) is 0 Å². The molecule has 2 aromatic heterocycles. The highest BCUT2D eigenvalue weighted by Gasteiger charge is 2.60. The van der Waals surface area contributed by atoms with Crippen molar-refractivity contribution in [3.8, 4) is 33.4 Å². The normalized spacial score (nSPS) is 21.4. The Hall–Kier alpha value is -10.1. The molecule has 5 nitrogen and oxygen atoms in total. The lowest BCUT2D eigenvalue weighted by molar-refractivity contribution is 0.195. The summed E-state index contributed by atoms with van der Waals surface area (Å²) >= 11 is 1.93. The van der Waals surface area contributed by atoms with Crippen LogP contribution in [0.15, 0.2) is 265 Å². The summed E-state index contributed by atoms with van der Waals surface area (Å²) in [6.45, 7) is 10.2. The molecule has 2 aliphatic carbocycles. The zero-order valence-corrected chi connectivity index (χ0v) is 55.0. The van der Waals surface area contributed by atoms with Crippen LogP contribution in [0.2, 0.25) is 0 Å². The first kappa shape index (κ1) is 55.4.